The summed E-state index contributed by atoms with van der Waals surface area (Å²) in [7, 11) is 4.41. The van der Waals surface area contributed by atoms with Gasteiger partial charge in [0.05, 0.1) is 6.10 Å². The maximum absolute atomic E-state index is 13.3. The molecule has 5 unspecified atom stereocenters. The summed E-state index contributed by atoms with van der Waals surface area (Å²) in [5.41, 5.74) is 2.15. The zero-order valence-electron chi connectivity index (χ0n) is 22.6. The summed E-state index contributed by atoms with van der Waals surface area (Å²) in [5.74, 6) is 2.28. The van der Waals surface area contributed by atoms with Crippen LogP contribution < -0.4 is 0 Å². The van der Waals surface area contributed by atoms with Crippen LogP contribution in [0, 0.1) is 35.0 Å². The van der Waals surface area contributed by atoms with Crippen molar-refractivity contribution in [3.63, 3.8) is 0 Å². The smallest absolute Gasteiger partial charge is 0.303 e. The third kappa shape index (κ3) is 4.04. The largest absolute Gasteiger partial charge is 0.451 e. The van der Waals surface area contributed by atoms with Gasteiger partial charge in [-0.3, -0.25) is 9.59 Å². The summed E-state index contributed by atoms with van der Waals surface area (Å²) in [6.07, 6.45) is 12.6. The standard InChI is InChI=1S/C30H47NO4/c1-18(32)30(35-19(2)33)15-14-27-25-12-8-21-16-23(34)11-13-24(21)28(25)26(17-29(27,30)3)20-6-9-22(10-7-20)31(4)5/h20-23,25-27,34H,6-17H2,1-5H3/t20?,21?,22?,23?,25?,26-,27?,29+,30?/m1/s1. The van der Waals surface area contributed by atoms with Crippen molar-refractivity contribution in [1.82, 2.24) is 4.90 Å². The number of fused-ring (bicyclic) bond motifs is 4. The fourth-order valence-corrected chi connectivity index (χ4v) is 9.79. The Morgan fingerprint density at radius 3 is 2.31 bits per heavy atom. The summed E-state index contributed by atoms with van der Waals surface area (Å²) in [6.45, 7) is 5.42. The molecule has 5 aliphatic carbocycles. The normalized spacial score (nSPS) is 45.5. The van der Waals surface area contributed by atoms with E-state index in [-0.39, 0.29) is 23.3 Å². The zero-order valence-corrected chi connectivity index (χ0v) is 22.6. The van der Waals surface area contributed by atoms with Crippen molar-refractivity contribution >= 4 is 11.8 Å². The van der Waals surface area contributed by atoms with Crippen molar-refractivity contribution in [1.29, 1.82) is 0 Å². The highest BCUT2D eigenvalue weighted by Crippen LogP contribution is 2.68. The van der Waals surface area contributed by atoms with E-state index < -0.39 is 5.60 Å². The Kier molecular flexibility index (Phi) is 6.74. The first kappa shape index (κ1) is 25.4. The fraction of sp³-hybridized carbons (Fsp3) is 0.867. The van der Waals surface area contributed by atoms with Gasteiger partial charge in [-0.1, -0.05) is 18.1 Å². The van der Waals surface area contributed by atoms with Crippen molar-refractivity contribution < 1.29 is 19.4 Å². The number of esters is 1. The van der Waals surface area contributed by atoms with Crippen LogP contribution in [0.1, 0.15) is 97.8 Å². The molecule has 196 valence electrons. The third-order valence-corrected chi connectivity index (χ3v) is 11.4. The number of carbonyl (C=O) groups is 2. The van der Waals surface area contributed by atoms with E-state index in [4.69, 9.17) is 4.74 Å². The molecule has 0 heterocycles. The van der Waals surface area contributed by atoms with Gasteiger partial charge in [0.2, 0.25) is 0 Å². The fourth-order valence-electron chi connectivity index (χ4n) is 9.79. The molecular weight excluding hydrogens is 438 g/mol. The van der Waals surface area contributed by atoms with Crippen molar-refractivity contribution in [2.24, 2.45) is 35.0 Å². The quantitative estimate of drug-likeness (QED) is 0.432. The Labute approximate surface area is 212 Å². The maximum atomic E-state index is 13.3. The minimum atomic E-state index is -0.974. The van der Waals surface area contributed by atoms with E-state index in [2.05, 4.69) is 25.9 Å². The van der Waals surface area contributed by atoms with Crippen LogP contribution in [0.2, 0.25) is 0 Å². The Balaban J connectivity index is 1.56. The number of nitrogens with zero attached hydrogens (tertiary/aromatic N) is 1. The second-order valence-corrected chi connectivity index (χ2v) is 13.2. The Bertz CT molecular complexity index is 887. The molecule has 7 atom stereocenters. The molecule has 0 aromatic rings. The number of hydrogen-bond donors (Lipinski definition) is 1. The lowest BCUT2D eigenvalue weighted by Gasteiger charge is -2.57. The molecule has 5 rings (SSSR count). The molecule has 0 spiro atoms. The Morgan fingerprint density at radius 1 is 0.971 bits per heavy atom. The van der Waals surface area contributed by atoms with Gasteiger partial charge in [0, 0.05) is 18.4 Å². The summed E-state index contributed by atoms with van der Waals surface area (Å²) in [4.78, 5) is 28.0. The molecule has 5 nitrogen and oxygen atoms in total. The summed E-state index contributed by atoms with van der Waals surface area (Å²) >= 11 is 0. The second-order valence-electron chi connectivity index (χ2n) is 13.2. The highest BCUT2D eigenvalue weighted by atomic mass is 16.6. The van der Waals surface area contributed by atoms with Gasteiger partial charge in [0.1, 0.15) is 0 Å². The van der Waals surface area contributed by atoms with Gasteiger partial charge >= 0.3 is 5.97 Å². The molecule has 4 fully saturated rings. The first-order chi connectivity index (χ1) is 16.6. The molecule has 0 saturated heterocycles. The van der Waals surface area contributed by atoms with Crippen LogP contribution in [0.25, 0.3) is 0 Å². The van der Waals surface area contributed by atoms with Crippen LogP contribution in [0.3, 0.4) is 0 Å². The number of carbonyl (C=O) groups excluding carboxylic acids is 2. The molecule has 5 heteroatoms. The van der Waals surface area contributed by atoms with E-state index in [0.29, 0.717) is 42.1 Å². The van der Waals surface area contributed by atoms with Gasteiger partial charge in [0.25, 0.3) is 0 Å². The second kappa shape index (κ2) is 9.28. The highest BCUT2D eigenvalue weighted by Gasteiger charge is 2.67. The number of Topliss-reactive ketones (excluding diaryl/α,β-unsaturated/α-hetero) is 1. The topological polar surface area (TPSA) is 66.8 Å². The number of ketones is 1. The van der Waals surface area contributed by atoms with E-state index in [1.165, 1.54) is 32.6 Å². The van der Waals surface area contributed by atoms with Gasteiger partial charge < -0.3 is 14.7 Å². The lowest BCUT2D eigenvalue weighted by Crippen LogP contribution is -2.58. The molecule has 0 amide bonds. The van der Waals surface area contributed by atoms with E-state index in [0.717, 1.165) is 44.9 Å². The molecule has 4 saturated carbocycles. The van der Waals surface area contributed by atoms with E-state index in [1.807, 2.05) is 0 Å². The molecular formula is C30H47NO4. The first-order valence-electron chi connectivity index (χ1n) is 14.4. The number of ether oxygens (including phenoxy) is 1. The molecule has 0 aliphatic heterocycles. The molecule has 0 radical (unpaired) electrons. The van der Waals surface area contributed by atoms with Crippen LogP contribution in [0.15, 0.2) is 11.1 Å². The average molecular weight is 486 g/mol. The van der Waals surface area contributed by atoms with Gasteiger partial charge in [-0.25, -0.2) is 0 Å². The molecule has 0 bridgehead atoms. The van der Waals surface area contributed by atoms with Gasteiger partial charge in [-0.2, -0.15) is 0 Å². The van der Waals surface area contributed by atoms with E-state index >= 15 is 0 Å². The lowest BCUT2D eigenvalue weighted by molar-refractivity contribution is -0.184. The van der Waals surface area contributed by atoms with Gasteiger partial charge in [-0.15, -0.1) is 0 Å². The summed E-state index contributed by atoms with van der Waals surface area (Å²) in [5, 5.41) is 10.4. The predicted molar refractivity (Wildman–Crippen MR) is 137 cm³/mol. The van der Waals surface area contributed by atoms with Crippen LogP contribution >= 0.6 is 0 Å². The van der Waals surface area contributed by atoms with E-state index in [1.54, 1.807) is 18.1 Å². The molecule has 1 N–H and O–H groups in total. The molecule has 35 heavy (non-hydrogen) atoms. The average Bonchev–Trinajstić information content (AvgIpc) is 3.10. The number of allylic oxidation sites excluding steroid dienone is 2. The van der Waals surface area contributed by atoms with Crippen molar-refractivity contribution in [2.45, 2.75) is 116 Å². The van der Waals surface area contributed by atoms with Crippen molar-refractivity contribution in [3.05, 3.63) is 11.1 Å². The minimum absolute atomic E-state index is 0.0401. The third-order valence-electron chi connectivity index (χ3n) is 11.4. The van der Waals surface area contributed by atoms with Crippen molar-refractivity contribution in [2.75, 3.05) is 14.1 Å². The lowest BCUT2D eigenvalue weighted by atomic mass is 9.48. The zero-order chi connectivity index (χ0) is 25.1. The van der Waals surface area contributed by atoms with Crippen LogP contribution in [0.5, 0.6) is 0 Å². The maximum Gasteiger partial charge on any atom is 0.303 e. The number of hydrogen-bond acceptors (Lipinski definition) is 5. The van der Waals surface area contributed by atoms with Crippen LogP contribution in [-0.4, -0.2) is 53.6 Å². The Morgan fingerprint density at radius 2 is 1.69 bits per heavy atom. The Hall–Kier alpha value is -1.20. The molecule has 0 aromatic carbocycles. The minimum Gasteiger partial charge on any atom is -0.451 e. The molecule has 5 aliphatic rings. The summed E-state index contributed by atoms with van der Waals surface area (Å²) < 4.78 is 6.07. The van der Waals surface area contributed by atoms with Crippen LogP contribution in [-0.2, 0) is 14.3 Å². The highest BCUT2D eigenvalue weighted by molar-refractivity contribution is 5.89. The van der Waals surface area contributed by atoms with Crippen LogP contribution in [0.4, 0.5) is 0 Å². The van der Waals surface area contributed by atoms with Gasteiger partial charge in [-0.05, 0) is 128 Å². The summed E-state index contributed by atoms with van der Waals surface area (Å²) in [6, 6.07) is 0.666. The predicted octanol–water partition coefficient (Wildman–Crippen LogP) is 5.30. The number of rotatable bonds is 4. The van der Waals surface area contributed by atoms with Crippen molar-refractivity contribution in [3.8, 4) is 0 Å². The molecule has 0 aromatic heterocycles. The SMILES string of the molecule is CC(=O)OC1(C(C)=O)CCC2C3CCC4CC(O)CCC4=C3[C@@H](C3CCC(N(C)C)CC3)C[C@@]21C. The monoisotopic (exact) mass is 485 g/mol. The van der Waals surface area contributed by atoms with E-state index in [9.17, 15) is 14.7 Å². The number of aliphatic hydroxyl groups excluding tert-OH is 1. The first-order valence-corrected chi connectivity index (χ1v) is 14.4. The van der Waals surface area contributed by atoms with Gasteiger partial charge in [0.15, 0.2) is 11.4 Å². The number of aliphatic hydroxyl groups is 1.